The highest BCUT2D eigenvalue weighted by atomic mass is 127. The standard InChI is InChI=1S/C19H35N5O2S.HI/c1-9-26-18(25)16-14(6)22-17(27-16)15(7)23-19(20-8)21-10-11-24(12(2)3)13(4)5;/h12-13,15H,9-11H2,1-8H3,(H2,20,21,23);1H. The lowest BCUT2D eigenvalue weighted by Crippen LogP contribution is -2.45. The van der Waals surface area contributed by atoms with Crippen LogP contribution in [0.2, 0.25) is 0 Å². The summed E-state index contributed by atoms with van der Waals surface area (Å²) in [5, 5.41) is 7.54. The highest BCUT2D eigenvalue weighted by Gasteiger charge is 2.20. The number of hydrogen-bond acceptors (Lipinski definition) is 6. The normalized spacial score (nSPS) is 12.9. The Morgan fingerprint density at radius 1 is 1.25 bits per heavy atom. The average molecular weight is 526 g/mol. The molecular weight excluding hydrogens is 489 g/mol. The van der Waals surface area contributed by atoms with Gasteiger partial charge in [0.1, 0.15) is 9.88 Å². The molecule has 162 valence electrons. The van der Waals surface area contributed by atoms with E-state index in [0.29, 0.717) is 29.3 Å². The van der Waals surface area contributed by atoms with Crippen molar-refractivity contribution in [2.24, 2.45) is 4.99 Å². The van der Waals surface area contributed by atoms with Crippen LogP contribution < -0.4 is 10.6 Å². The Labute approximate surface area is 190 Å². The molecule has 1 rings (SSSR count). The van der Waals surface area contributed by atoms with Gasteiger partial charge in [0.05, 0.1) is 18.3 Å². The number of aliphatic imine (C=N–C) groups is 1. The Kier molecular flexibility index (Phi) is 12.9. The summed E-state index contributed by atoms with van der Waals surface area (Å²) in [6.45, 7) is 16.6. The minimum atomic E-state index is -0.309. The smallest absolute Gasteiger partial charge is 0.350 e. The molecule has 0 aliphatic carbocycles. The molecule has 0 aliphatic rings. The molecular formula is C19H36IN5O2S. The molecule has 0 spiro atoms. The van der Waals surface area contributed by atoms with Gasteiger partial charge in [0.25, 0.3) is 0 Å². The fourth-order valence-electron chi connectivity index (χ4n) is 2.87. The molecule has 0 aromatic carbocycles. The molecule has 9 heteroatoms. The summed E-state index contributed by atoms with van der Waals surface area (Å²) < 4.78 is 5.09. The van der Waals surface area contributed by atoms with Gasteiger partial charge in [0.15, 0.2) is 5.96 Å². The Morgan fingerprint density at radius 3 is 2.36 bits per heavy atom. The lowest BCUT2D eigenvalue weighted by Gasteiger charge is -2.30. The fraction of sp³-hybridized carbons (Fsp3) is 0.737. The van der Waals surface area contributed by atoms with Crippen molar-refractivity contribution in [3.05, 3.63) is 15.6 Å². The number of carbonyl (C=O) groups excluding carboxylic acids is 1. The molecule has 28 heavy (non-hydrogen) atoms. The van der Waals surface area contributed by atoms with Crippen molar-refractivity contribution in [2.45, 2.75) is 66.6 Å². The Bertz CT molecular complexity index is 626. The third-order valence-corrected chi connectivity index (χ3v) is 5.53. The first kappa shape index (κ1) is 27.1. The second kappa shape index (κ2) is 13.3. The predicted molar refractivity (Wildman–Crippen MR) is 128 cm³/mol. The van der Waals surface area contributed by atoms with E-state index in [1.54, 1.807) is 14.0 Å². The third-order valence-electron chi connectivity index (χ3n) is 4.21. The Hall–Kier alpha value is -0.940. The van der Waals surface area contributed by atoms with Crippen molar-refractivity contribution in [1.82, 2.24) is 20.5 Å². The van der Waals surface area contributed by atoms with Gasteiger partial charge in [-0.1, -0.05) is 0 Å². The maximum atomic E-state index is 12.0. The number of nitrogens with zero attached hydrogens (tertiary/aromatic N) is 3. The van der Waals surface area contributed by atoms with Gasteiger partial charge in [-0.05, 0) is 48.5 Å². The molecule has 2 N–H and O–H groups in total. The number of halogens is 1. The Balaban J connectivity index is 0.00000729. The van der Waals surface area contributed by atoms with E-state index >= 15 is 0 Å². The van der Waals surface area contributed by atoms with Crippen LogP contribution in [0.25, 0.3) is 0 Å². The number of rotatable bonds is 9. The second-order valence-electron chi connectivity index (χ2n) is 6.98. The number of carbonyl (C=O) groups is 1. The van der Waals surface area contributed by atoms with Crippen LogP contribution in [0.3, 0.4) is 0 Å². The SMILES string of the molecule is CCOC(=O)c1sc(C(C)NC(=NC)NCCN(C(C)C)C(C)C)nc1C.I. The predicted octanol–water partition coefficient (Wildman–Crippen LogP) is 3.59. The zero-order chi connectivity index (χ0) is 20.6. The average Bonchev–Trinajstić information content (AvgIpc) is 2.99. The molecule has 0 saturated heterocycles. The van der Waals surface area contributed by atoms with E-state index < -0.39 is 0 Å². The van der Waals surface area contributed by atoms with Crippen LogP contribution >= 0.6 is 35.3 Å². The van der Waals surface area contributed by atoms with E-state index in [1.165, 1.54) is 11.3 Å². The summed E-state index contributed by atoms with van der Waals surface area (Å²) >= 11 is 1.37. The van der Waals surface area contributed by atoms with Crippen LogP contribution in [-0.2, 0) is 4.74 Å². The molecule has 0 fully saturated rings. The van der Waals surface area contributed by atoms with Crippen molar-refractivity contribution in [2.75, 3.05) is 26.7 Å². The number of nitrogens with one attached hydrogen (secondary N) is 2. The van der Waals surface area contributed by atoms with Crippen molar-refractivity contribution in [3.8, 4) is 0 Å². The van der Waals surface area contributed by atoms with Gasteiger partial charge in [-0.2, -0.15) is 0 Å². The molecule has 0 aliphatic heterocycles. The van der Waals surface area contributed by atoms with Gasteiger partial charge >= 0.3 is 5.97 Å². The van der Waals surface area contributed by atoms with Gasteiger partial charge in [0, 0.05) is 32.2 Å². The number of esters is 1. The van der Waals surface area contributed by atoms with Gasteiger partial charge in [-0.15, -0.1) is 35.3 Å². The zero-order valence-corrected chi connectivity index (χ0v) is 21.5. The molecule has 0 amide bonds. The second-order valence-corrected chi connectivity index (χ2v) is 8.01. The van der Waals surface area contributed by atoms with Gasteiger partial charge < -0.3 is 15.4 Å². The molecule has 7 nitrogen and oxygen atoms in total. The van der Waals surface area contributed by atoms with Crippen LogP contribution in [0.1, 0.15) is 68.0 Å². The topological polar surface area (TPSA) is 78.8 Å². The van der Waals surface area contributed by atoms with Crippen molar-refractivity contribution >= 4 is 47.2 Å². The van der Waals surface area contributed by atoms with Crippen LogP contribution in [0.4, 0.5) is 0 Å². The van der Waals surface area contributed by atoms with Gasteiger partial charge in [0.2, 0.25) is 0 Å². The van der Waals surface area contributed by atoms with Crippen LogP contribution in [0, 0.1) is 6.92 Å². The summed E-state index contributed by atoms with van der Waals surface area (Å²) in [4.78, 5) is 23.8. The zero-order valence-electron chi connectivity index (χ0n) is 18.3. The lowest BCUT2D eigenvalue weighted by atomic mass is 10.2. The Morgan fingerprint density at radius 2 is 1.86 bits per heavy atom. The number of thiazole rings is 1. The number of guanidine groups is 1. The largest absolute Gasteiger partial charge is 0.462 e. The first-order chi connectivity index (χ1) is 12.7. The van der Waals surface area contributed by atoms with Crippen molar-refractivity contribution in [3.63, 3.8) is 0 Å². The molecule has 1 heterocycles. The summed E-state index contributed by atoms with van der Waals surface area (Å²) in [7, 11) is 1.75. The highest BCUT2D eigenvalue weighted by molar-refractivity contribution is 14.0. The van der Waals surface area contributed by atoms with Gasteiger partial charge in [-0.3, -0.25) is 9.89 Å². The molecule has 1 atom stereocenters. The van der Waals surface area contributed by atoms with Crippen molar-refractivity contribution in [1.29, 1.82) is 0 Å². The van der Waals surface area contributed by atoms with E-state index in [4.69, 9.17) is 4.74 Å². The first-order valence-corrected chi connectivity index (χ1v) is 10.4. The van der Waals surface area contributed by atoms with E-state index in [2.05, 4.69) is 53.2 Å². The van der Waals surface area contributed by atoms with Gasteiger partial charge in [-0.25, -0.2) is 9.78 Å². The summed E-state index contributed by atoms with van der Waals surface area (Å²) in [6.07, 6.45) is 0. The van der Waals surface area contributed by atoms with E-state index in [-0.39, 0.29) is 36.0 Å². The fourth-order valence-corrected chi connectivity index (χ4v) is 3.83. The van der Waals surface area contributed by atoms with Crippen LogP contribution in [0.15, 0.2) is 4.99 Å². The quantitative estimate of drug-likeness (QED) is 0.222. The number of aryl methyl sites for hydroxylation is 1. The minimum absolute atomic E-state index is 0. The monoisotopic (exact) mass is 525 g/mol. The maximum Gasteiger partial charge on any atom is 0.350 e. The van der Waals surface area contributed by atoms with Crippen LogP contribution in [0.5, 0.6) is 0 Å². The van der Waals surface area contributed by atoms with E-state index in [9.17, 15) is 4.79 Å². The molecule has 0 bridgehead atoms. The van der Waals surface area contributed by atoms with E-state index in [1.807, 2.05) is 13.8 Å². The molecule has 1 aromatic heterocycles. The lowest BCUT2D eigenvalue weighted by molar-refractivity contribution is 0.0531. The summed E-state index contributed by atoms with van der Waals surface area (Å²) in [5.41, 5.74) is 0.703. The molecule has 0 radical (unpaired) electrons. The summed E-state index contributed by atoms with van der Waals surface area (Å²) in [5.74, 6) is 0.413. The first-order valence-electron chi connectivity index (χ1n) is 9.58. The molecule has 1 unspecified atom stereocenters. The molecule has 1 aromatic rings. The molecule has 0 saturated carbocycles. The maximum absolute atomic E-state index is 12.0. The number of ether oxygens (including phenoxy) is 1. The minimum Gasteiger partial charge on any atom is -0.462 e. The third kappa shape index (κ3) is 8.20. The van der Waals surface area contributed by atoms with Crippen molar-refractivity contribution < 1.29 is 9.53 Å². The van der Waals surface area contributed by atoms with E-state index in [0.717, 1.165) is 24.1 Å². The van der Waals surface area contributed by atoms with Crippen LogP contribution in [-0.4, -0.2) is 60.6 Å². The summed E-state index contributed by atoms with van der Waals surface area (Å²) in [6, 6.07) is 0.940. The highest BCUT2D eigenvalue weighted by Crippen LogP contribution is 2.24. The number of aromatic nitrogens is 1. The number of hydrogen-bond donors (Lipinski definition) is 2.